The van der Waals surface area contributed by atoms with Crippen LogP contribution < -0.4 is 11.1 Å². The molecule has 3 aliphatic rings. The zero-order chi connectivity index (χ0) is 17.8. The van der Waals surface area contributed by atoms with E-state index in [1.807, 2.05) is 0 Å². The predicted octanol–water partition coefficient (Wildman–Crippen LogP) is 2.44. The fourth-order valence-electron chi connectivity index (χ4n) is 5.54. The molecule has 1 atom stereocenters. The molecule has 2 saturated carbocycles. The molecule has 25 heavy (non-hydrogen) atoms. The van der Waals surface area contributed by atoms with Gasteiger partial charge in [-0.3, -0.25) is 9.69 Å². The summed E-state index contributed by atoms with van der Waals surface area (Å²) in [6.45, 7) is 6.48. The number of nitrogens with one attached hydrogen (secondary N) is 1. The number of carbonyl (C=O) groups excluding carboxylic acids is 1. The number of rotatable bonds is 6. The third-order valence-corrected chi connectivity index (χ3v) is 7.18. The minimum absolute atomic E-state index is 0.0455. The molecule has 0 bridgehead atoms. The molecular weight excluding hydrogens is 314 g/mol. The Bertz CT molecular complexity index is 436. The van der Waals surface area contributed by atoms with Gasteiger partial charge in [-0.05, 0) is 44.6 Å². The number of carbonyl (C=O) groups is 1. The van der Waals surface area contributed by atoms with Crippen molar-refractivity contribution in [2.75, 3.05) is 32.8 Å². The first-order valence-electron chi connectivity index (χ1n) is 10.4. The minimum Gasteiger partial charge on any atom is -0.379 e. The molecule has 0 aromatic carbocycles. The van der Waals surface area contributed by atoms with Crippen LogP contribution >= 0.6 is 0 Å². The van der Waals surface area contributed by atoms with E-state index in [9.17, 15) is 4.79 Å². The maximum absolute atomic E-state index is 12.9. The summed E-state index contributed by atoms with van der Waals surface area (Å²) >= 11 is 0. The number of amides is 1. The van der Waals surface area contributed by atoms with Gasteiger partial charge in [0.05, 0.1) is 13.2 Å². The van der Waals surface area contributed by atoms with Crippen molar-refractivity contribution in [2.24, 2.45) is 11.1 Å². The van der Waals surface area contributed by atoms with E-state index in [4.69, 9.17) is 10.5 Å². The molecule has 1 amide bonds. The van der Waals surface area contributed by atoms with Gasteiger partial charge in [0.1, 0.15) is 0 Å². The SMILES string of the molecule is CC(NC(=O)CC1(CN)CCCCC1)C1(N2CCOCC2)CCCC1. The predicted molar refractivity (Wildman–Crippen MR) is 100 cm³/mol. The van der Waals surface area contributed by atoms with Crippen molar-refractivity contribution in [1.29, 1.82) is 0 Å². The van der Waals surface area contributed by atoms with Crippen LogP contribution in [-0.4, -0.2) is 55.2 Å². The fraction of sp³-hybridized carbons (Fsp3) is 0.950. The molecule has 3 N–H and O–H groups in total. The van der Waals surface area contributed by atoms with Crippen molar-refractivity contribution < 1.29 is 9.53 Å². The highest BCUT2D eigenvalue weighted by Crippen LogP contribution is 2.40. The summed E-state index contributed by atoms with van der Waals surface area (Å²) < 4.78 is 5.55. The average Bonchev–Trinajstić information content (AvgIpc) is 3.14. The smallest absolute Gasteiger partial charge is 0.220 e. The molecule has 0 aromatic rings. The molecule has 2 aliphatic carbocycles. The van der Waals surface area contributed by atoms with Crippen molar-refractivity contribution in [2.45, 2.75) is 82.7 Å². The van der Waals surface area contributed by atoms with Gasteiger partial charge >= 0.3 is 0 Å². The molecule has 0 aromatic heterocycles. The first-order chi connectivity index (χ1) is 12.1. The molecule has 1 heterocycles. The van der Waals surface area contributed by atoms with Gasteiger partial charge in [-0.25, -0.2) is 0 Å². The van der Waals surface area contributed by atoms with Gasteiger partial charge in [-0.2, -0.15) is 0 Å². The van der Waals surface area contributed by atoms with E-state index < -0.39 is 0 Å². The lowest BCUT2D eigenvalue weighted by Gasteiger charge is -2.47. The zero-order valence-corrected chi connectivity index (χ0v) is 16.0. The largest absolute Gasteiger partial charge is 0.379 e. The third kappa shape index (κ3) is 4.20. The van der Waals surface area contributed by atoms with Gasteiger partial charge in [0.2, 0.25) is 5.91 Å². The molecule has 1 unspecified atom stereocenters. The third-order valence-electron chi connectivity index (χ3n) is 7.18. The molecule has 0 radical (unpaired) electrons. The highest BCUT2D eigenvalue weighted by molar-refractivity contribution is 5.77. The van der Waals surface area contributed by atoms with Crippen molar-refractivity contribution in [1.82, 2.24) is 10.2 Å². The summed E-state index contributed by atoms with van der Waals surface area (Å²) in [5, 5.41) is 3.39. The maximum Gasteiger partial charge on any atom is 0.220 e. The number of nitrogens with zero attached hydrogens (tertiary/aromatic N) is 1. The van der Waals surface area contributed by atoms with Crippen molar-refractivity contribution in [3.63, 3.8) is 0 Å². The van der Waals surface area contributed by atoms with E-state index >= 15 is 0 Å². The lowest BCUT2D eigenvalue weighted by molar-refractivity contribution is -0.126. The Labute approximate surface area is 153 Å². The Morgan fingerprint density at radius 2 is 1.68 bits per heavy atom. The minimum atomic E-state index is 0.0455. The summed E-state index contributed by atoms with van der Waals surface area (Å²) in [6.07, 6.45) is 11.5. The van der Waals surface area contributed by atoms with E-state index in [-0.39, 0.29) is 22.9 Å². The molecule has 0 spiro atoms. The van der Waals surface area contributed by atoms with Crippen LogP contribution in [-0.2, 0) is 9.53 Å². The average molecular weight is 352 g/mol. The summed E-state index contributed by atoms with van der Waals surface area (Å²) in [4.78, 5) is 15.4. The molecule has 1 aliphatic heterocycles. The van der Waals surface area contributed by atoms with Gasteiger partial charge in [-0.1, -0.05) is 32.1 Å². The van der Waals surface area contributed by atoms with E-state index in [1.54, 1.807) is 0 Å². The van der Waals surface area contributed by atoms with Gasteiger partial charge in [-0.15, -0.1) is 0 Å². The molecule has 1 saturated heterocycles. The first kappa shape index (κ1) is 19.1. The van der Waals surface area contributed by atoms with Crippen LogP contribution in [0.15, 0.2) is 0 Å². The van der Waals surface area contributed by atoms with E-state index in [0.717, 1.165) is 39.1 Å². The summed E-state index contributed by atoms with van der Waals surface area (Å²) in [5.41, 5.74) is 6.25. The van der Waals surface area contributed by atoms with Gasteiger partial charge in [0.25, 0.3) is 0 Å². The lowest BCUT2D eigenvalue weighted by atomic mass is 9.71. The molecule has 3 rings (SSSR count). The monoisotopic (exact) mass is 351 g/mol. The van der Waals surface area contributed by atoms with Crippen molar-refractivity contribution >= 4 is 5.91 Å². The Kier molecular flexibility index (Phi) is 6.39. The standard InChI is InChI=1S/C20H37N3O2/c1-17(20(9-5-6-10-20)23-11-13-25-14-12-23)22-18(24)15-19(16-21)7-3-2-4-8-19/h17H,2-16,21H2,1H3,(H,22,24). The van der Waals surface area contributed by atoms with E-state index in [0.29, 0.717) is 13.0 Å². The number of hydrogen-bond donors (Lipinski definition) is 2. The van der Waals surface area contributed by atoms with Crippen LogP contribution in [0.25, 0.3) is 0 Å². The Morgan fingerprint density at radius 1 is 1.08 bits per heavy atom. The highest BCUT2D eigenvalue weighted by Gasteiger charge is 2.45. The van der Waals surface area contributed by atoms with Crippen LogP contribution in [0.3, 0.4) is 0 Å². The Balaban J connectivity index is 1.62. The molecule has 3 fully saturated rings. The van der Waals surface area contributed by atoms with Gasteiger partial charge < -0.3 is 15.8 Å². The second-order valence-electron chi connectivity index (χ2n) is 8.64. The molecule has 5 nitrogen and oxygen atoms in total. The van der Waals surface area contributed by atoms with Crippen molar-refractivity contribution in [3.05, 3.63) is 0 Å². The maximum atomic E-state index is 12.9. The van der Waals surface area contributed by atoms with Crippen LogP contribution in [0.5, 0.6) is 0 Å². The Hall–Kier alpha value is -0.650. The number of nitrogens with two attached hydrogens (primary N) is 1. The fourth-order valence-corrected chi connectivity index (χ4v) is 5.54. The lowest BCUT2D eigenvalue weighted by Crippen LogP contribution is -2.62. The topological polar surface area (TPSA) is 67.6 Å². The van der Waals surface area contributed by atoms with Crippen LogP contribution in [0.2, 0.25) is 0 Å². The number of morpholine rings is 1. The van der Waals surface area contributed by atoms with E-state index in [2.05, 4.69) is 17.1 Å². The number of hydrogen-bond acceptors (Lipinski definition) is 4. The van der Waals surface area contributed by atoms with Crippen LogP contribution in [0.1, 0.15) is 71.1 Å². The van der Waals surface area contributed by atoms with Crippen LogP contribution in [0.4, 0.5) is 0 Å². The van der Waals surface area contributed by atoms with E-state index in [1.165, 1.54) is 44.9 Å². The second kappa shape index (κ2) is 8.36. The summed E-state index contributed by atoms with van der Waals surface area (Å²) in [6, 6.07) is 0.194. The number of ether oxygens (including phenoxy) is 1. The summed E-state index contributed by atoms with van der Waals surface area (Å²) in [5.74, 6) is 0.208. The van der Waals surface area contributed by atoms with Gasteiger partial charge in [0, 0.05) is 31.1 Å². The molecular formula is C20H37N3O2. The second-order valence-corrected chi connectivity index (χ2v) is 8.64. The first-order valence-corrected chi connectivity index (χ1v) is 10.4. The zero-order valence-electron chi connectivity index (χ0n) is 16.0. The van der Waals surface area contributed by atoms with Crippen molar-refractivity contribution in [3.8, 4) is 0 Å². The normalized spacial score (nSPS) is 27.8. The van der Waals surface area contributed by atoms with Gasteiger partial charge in [0.15, 0.2) is 0 Å². The molecule has 5 heteroatoms. The summed E-state index contributed by atoms with van der Waals surface area (Å²) in [7, 11) is 0. The molecule has 144 valence electrons. The Morgan fingerprint density at radius 3 is 2.28 bits per heavy atom. The quantitative estimate of drug-likeness (QED) is 0.771. The van der Waals surface area contributed by atoms with Crippen LogP contribution in [0, 0.1) is 5.41 Å². The highest BCUT2D eigenvalue weighted by atomic mass is 16.5.